The number of rotatable bonds is 3. The fraction of sp³-hybridized carbons (Fsp3) is 0.444. The quantitative estimate of drug-likeness (QED) is 0.936. The van der Waals surface area contributed by atoms with Crippen molar-refractivity contribution in [3.8, 4) is 0 Å². The lowest BCUT2D eigenvalue weighted by atomic mass is 9.88. The summed E-state index contributed by atoms with van der Waals surface area (Å²) in [6.45, 7) is 6.42. The molecule has 22 heavy (non-hydrogen) atoms. The molecular weight excluding hydrogens is 294 g/mol. The normalized spacial score (nSPS) is 16.0. The molecule has 3 rings (SSSR count). The second-order valence-corrected chi connectivity index (χ2v) is 6.49. The second kappa shape index (κ2) is 6.76. The number of hydrogen-bond donors (Lipinski definition) is 1. The van der Waals surface area contributed by atoms with Crippen molar-refractivity contribution in [2.75, 3.05) is 13.1 Å². The van der Waals surface area contributed by atoms with Gasteiger partial charge in [0.1, 0.15) is 5.82 Å². The molecule has 0 aliphatic carbocycles. The highest BCUT2D eigenvalue weighted by molar-refractivity contribution is 6.30. The van der Waals surface area contributed by atoms with Gasteiger partial charge in [0.2, 0.25) is 0 Å². The maximum absolute atomic E-state index is 6.05. The summed E-state index contributed by atoms with van der Waals surface area (Å²) < 4.78 is 0. The highest BCUT2D eigenvalue weighted by atomic mass is 35.5. The third-order valence-electron chi connectivity index (χ3n) is 4.37. The first-order valence-electron chi connectivity index (χ1n) is 7.92. The SMILES string of the molecule is Cc1nc(Cc2cccc(Cl)c2)nc(C)c1C1CCNCC1. The average molecular weight is 316 g/mol. The molecule has 0 bridgehead atoms. The summed E-state index contributed by atoms with van der Waals surface area (Å²) in [5.74, 6) is 1.48. The third kappa shape index (κ3) is 3.47. The van der Waals surface area contributed by atoms with Crippen molar-refractivity contribution in [2.45, 2.75) is 39.0 Å². The Balaban J connectivity index is 1.85. The van der Waals surface area contributed by atoms with Crippen LogP contribution in [0.15, 0.2) is 24.3 Å². The molecule has 1 aromatic carbocycles. The predicted molar refractivity (Wildman–Crippen MR) is 90.6 cm³/mol. The number of aryl methyl sites for hydroxylation is 2. The Kier molecular flexibility index (Phi) is 4.74. The summed E-state index contributed by atoms with van der Waals surface area (Å²) in [6.07, 6.45) is 3.09. The van der Waals surface area contributed by atoms with E-state index in [1.807, 2.05) is 18.2 Å². The standard InChI is InChI=1S/C18H22ClN3/c1-12-18(15-6-8-20-9-7-15)13(2)22-17(21-12)11-14-4-3-5-16(19)10-14/h3-5,10,15,20H,6-9,11H2,1-2H3. The molecule has 0 atom stereocenters. The van der Waals surface area contributed by atoms with Gasteiger partial charge in [0, 0.05) is 22.8 Å². The highest BCUT2D eigenvalue weighted by Gasteiger charge is 2.21. The van der Waals surface area contributed by atoms with E-state index in [1.165, 1.54) is 18.4 Å². The van der Waals surface area contributed by atoms with Gasteiger partial charge in [-0.05, 0) is 69.0 Å². The van der Waals surface area contributed by atoms with Crippen LogP contribution in [0.2, 0.25) is 5.02 Å². The van der Waals surface area contributed by atoms with E-state index in [4.69, 9.17) is 21.6 Å². The summed E-state index contributed by atoms with van der Waals surface area (Å²) in [7, 11) is 0. The molecule has 0 radical (unpaired) electrons. The van der Waals surface area contributed by atoms with Crippen molar-refractivity contribution in [3.63, 3.8) is 0 Å². The van der Waals surface area contributed by atoms with Crippen molar-refractivity contribution < 1.29 is 0 Å². The van der Waals surface area contributed by atoms with Gasteiger partial charge in [0.05, 0.1) is 0 Å². The minimum absolute atomic E-state index is 0.599. The second-order valence-electron chi connectivity index (χ2n) is 6.06. The lowest BCUT2D eigenvalue weighted by Crippen LogP contribution is -2.27. The van der Waals surface area contributed by atoms with Crippen molar-refractivity contribution in [1.82, 2.24) is 15.3 Å². The maximum atomic E-state index is 6.05. The molecule has 2 heterocycles. The maximum Gasteiger partial charge on any atom is 0.133 e. The van der Waals surface area contributed by atoms with Crippen LogP contribution in [0.5, 0.6) is 0 Å². The number of halogens is 1. The number of nitrogens with zero attached hydrogens (tertiary/aromatic N) is 2. The van der Waals surface area contributed by atoms with Crippen LogP contribution in [0.25, 0.3) is 0 Å². The van der Waals surface area contributed by atoms with Crippen molar-refractivity contribution >= 4 is 11.6 Å². The van der Waals surface area contributed by atoms with Gasteiger partial charge in [-0.15, -0.1) is 0 Å². The largest absolute Gasteiger partial charge is 0.317 e. The predicted octanol–water partition coefficient (Wildman–Crippen LogP) is 3.80. The Bertz CT molecular complexity index is 640. The molecular formula is C18H22ClN3. The molecule has 0 amide bonds. The van der Waals surface area contributed by atoms with Gasteiger partial charge < -0.3 is 5.32 Å². The first-order chi connectivity index (χ1) is 10.6. The van der Waals surface area contributed by atoms with Crippen LogP contribution in [0.4, 0.5) is 0 Å². The third-order valence-corrected chi connectivity index (χ3v) is 4.61. The van der Waals surface area contributed by atoms with E-state index in [0.29, 0.717) is 5.92 Å². The first kappa shape index (κ1) is 15.4. The summed E-state index contributed by atoms with van der Waals surface area (Å²) in [5.41, 5.74) is 4.78. The fourth-order valence-electron chi connectivity index (χ4n) is 3.40. The summed E-state index contributed by atoms with van der Waals surface area (Å²) in [6, 6.07) is 7.92. The molecule has 4 heteroatoms. The molecule has 0 saturated carbocycles. The zero-order valence-corrected chi connectivity index (χ0v) is 14.0. The van der Waals surface area contributed by atoms with Crippen LogP contribution in [0.3, 0.4) is 0 Å². The van der Waals surface area contributed by atoms with E-state index in [9.17, 15) is 0 Å². The molecule has 1 aliphatic rings. The first-order valence-corrected chi connectivity index (χ1v) is 8.30. The van der Waals surface area contributed by atoms with Crippen LogP contribution in [-0.4, -0.2) is 23.1 Å². The molecule has 1 saturated heterocycles. The number of nitrogens with one attached hydrogen (secondary N) is 1. The van der Waals surface area contributed by atoms with Crippen molar-refractivity contribution in [2.24, 2.45) is 0 Å². The van der Waals surface area contributed by atoms with Gasteiger partial charge in [-0.2, -0.15) is 0 Å². The summed E-state index contributed by atoms with van der Waals surface area (Å²) in [5, 5.41) is 4.18. The number of hydrogen-bond acceptors (Lipinski definition) is 3. The Morgan fingerprint density at radius 1 is 1.14 bits per heavy atom. The number of piperidine rings is 1. The molecule has 0 unspecified atom stereocenters. The molecule has 1 fully saturated rings. The minimum atomic E-state index is 0.599. The van der Waals surface area contributed by atoms with Gasteiger partial charge in [-0.3, -0.25) is 0 Å². The number of aromatic nitrogens is 2. The van der Waals surface area contributed by atoms with Crippen molar-refractivity contribution in [1.29, 1.82) is 0 Å². The van der Waals surface area contributed by atoms with Crippen LogP contribution < -0.4 is 5.32 Å². The Morgan fingerprint density at radius 2 is 1.82 bits per heavy atom. The Morgan fingerprint density at radius 3 is 2.45 bits per heavy atom. The van der Waals surface area contributed by atoms with Crippen LogP contribution in [0.1, 0.15) is 47.1 Å². The highest BCUT2D eigenvalue weighted by Crippen LogP contribution is 2.29. The van der Waals surface area contributed by atoms with Gasteiger partial charge in [0.25, 0.3) is 0 Å². The van der Waals surface area contributed by atoms with Crippen LogP contribution in [-0.2, 0) is 6.42 Å². The molecule has 1 aromatic heterocycles. The van der Waals surface area contributed by atoms with E-state index in [2.05, 4.69) is 25.2 Å². The van der Waals surface area contributed by atoms with E-state index < -0.39 is 0 Å². The van der Waals surface area contributed by atoms with Crippen LogP contribution in [0, 0.1) is 13.8 Å². The number of benzene rings is 1. The van der Waals surface area contributed by atoms with E-state index in [-0.39, 0.29) is 0 Å². The monoisotopic (exact) mass is 315 g/mol. The topological polar surface area (TPSA) is 37.8 Å². The van der Waals surface area contributed by atoms with Crippen LogP contribution >= 0.6 is 11.6 Å². The van der Waals surface area contributed by atoms with Gasteiger partial charge >= 0.3 is 0 Å². The van der Waals surface area contributed by atoms with E-state index in [1.54, 1.807) is 0 Å². The Hall–Kier alpha value is -1.45. The Labute approximate surface area is 137 Å². The molecule has 2 aromatic rings. The molecule has 0 spiro atoms. The summed E-state index contributed by atoms with van der Waals surface area (Å²) >= 11 is 6.05. The molecule has 1 aliphatic heterocycles. The smallest absolute Gasteiger partial charge is 0.133 e. The van der Waals surface area contributed by atoms with Gasteiger partial charge in [-0.1, -0.05) is 23.7 Å². The zero-order valence-electron chi connectivity index (χ0n) is 13.2. The minimum Gasteiger partial charge on any atom is -0.317 e. The van der Waals surface area contributed by atoms with Gasteiger partial charge in [0.15, 0.2) is 0 Å². The molecule has 3 nitrogen and oxygen atoms in total. The fourth-order valence-corrected chi connectivity index (χ4v) is 3.62. The van der Waals surface area contributed by atoms with Gasteiger partial charge in [-0.25, -0.2) is 9.97 Å². The molecule has 1 N–H and O–H groups in total. The van der Waals surface area contributed by atoms with E-state index >= 15 is 0 Å². The van der Waals surface area contributed by atoms with Crippen molar-refractivity contribution in [3.05, 3.63) is 57.6 Å². The lowest BCUT2D eigenvalue weighted by molar-refractivity contribution is 0.455. The average Bonchev–Trinajstić information content (AvgIpc) is 2.47. The molecule has 116 valence electrons. The van der Waals surface area contributed by atoms with E-state index in [0.717, 1.165) is 47.3 Å². The lowest BCUT2D eigenvalue weighted by Gasteiger charge is -2.25. The zero-order chi connectivity index (χ0) is 15.5. The summed E-state index contributed by atoms with van der Waals surface area (Å²) in [4.78, 5) is 9.52.